The molecule has 3 heterocycles. The highest BCUT2D eigenvalue weighted by atomic mass is 32.2. The summed E-state index contributed by atoms with van der Waals surface area (Å²) in [6, 6.07) is 9.34. The molecule has 0 bridgehead atoms. The average Bonchev–Trinajstić information content (AvgIpc) is 2.91. The van der Waals surface area contributed by atoms with Gasteiger partial charge in [-0.2, -0.15) is 13.2 Å². The van der Waals surface area contributed by atoms with Crippen LogP contribution in [0, 0.1) is 0 Å². The number of nitrogens with zero attached hydrogens (tertiary/aromatic N) is 1. The summed E-state index contributed by atoms with van der Waals surface area (Å²) in [7, 11) is -4.18. The SMILES string of the molecule is O=C(NOC1CCCCO1)C1(S(=O)(=O)c2ccc(-c3ccc(CCC(F)(F)F)cc3)nc2)CCOCC1. The number of pyridine rings is 1. The van der Waals surface area contributed by atoms with Crippen molar-refractivity contribution in [3.63, 3.8) is 0 Å². The number of aromatic nitrogens is 1. The zero-order chi connectivity index (χ0) is 26.5. The Balaban J connectivity index is 1.50. The van der Waals surface area contributed by atoms with Crippen LogP contribution in [0.4, 0.5) is 13.2 Å². The van der Waals surface area contributed by atoms with Crippen LogP contribution in [0.25, 0.3) is 11.3 Å². The molecule has 2 fully saturated rings. The minimum Gasteiger partial charge on any atom is -0.381 e. The van der Waals surface area contributed by atoms with Crippen molar-refractivity contribution in [1.29, 1.82) is 0 Å². The summed E-state index contributed by atoms with van der Waals surface area (Å²) in [6.07, 6.45) is -2.41. The van der Waals surface area contributed by atoms with E-state index in [0.717, 1.165) is 12.8 Å². The third-order valence-electron chi connectivity index (χ3n) is 6.64. The van der Waals surface area contributed by atoms with Gasteiger partial charge in [-0.3, -0.25) is 9.78 Å². The molecule has 12 heteroatoms. The number of aryl methyl sites for hydroxylation is 1. The highest BCUT2D eigenvalue weighted by Gasteiger charge is 2.52. The van der Waals surface area contributed by atoms with Gasteiger partial charge in [-0.15, -0.1) is 0 Å². The van der Waals surface area contributed by atoms with Gasteiger partial charge in [0.1, 0.15) is 0 Å². The van der Waals surface area contributed by atoms with Crippen LogP contribution in [0.3, 0.4) is 0 Å². The van der Waals surface area contributed by atoms with Crippen LogP contribution in [0.2, 0.25) is 0 Å². The van der Waals surface area contributed by atoms with Crippen molar-refractivity contribution in [3.05, 3.63) is 48.2 Å². The first-order chi connectivity index (χ1) is 17.6. The predicted molar refractivity (Wildman–Crippen MR) is 127 cm³/mol. The number of halogens is 3. The zero-order valence-corrected chi connectivity index (χ0v) is 20.9. The van der Waals surface area contributed by atoms with Gasteiger partial charge in [-0.25, -0.2) is 18.7 Å². The summed E-state index contributed by atoms with van der Waals surface area (Å²) in [6.45, 7) is 0.698. The van der Waals surface area contributed by atoms with E-state index in [0.29, 0.717) is 29.8 Å². The lowest BCUT2D eigenvalue weighted by molar-refractivity contribution is -0.202. The lowest BCUT2D eigenvalue weighted by Gasteiger charge is -2.35. The Kier molecular flexibility index (Phi) is 8.52. The summed E-state index contributed by atoms with van der Waals surface area (Å²) in [5, 5.41) is 0. The number of alkyl halides is 3. The number of carbonyl (C=O) groups is 1. The van der Waals surface area contributed by atoms with Crippen LogP contribution in [-0.4, -0.2) is 56.3 Å². The topological polar surface area (TPSA) is 104 Å². The second kappa shape index (κ2) is 11.5. The molecule has 1 amide bonds. The summed E-state index contributed by atoms with van der Waals surface area (Å²) in [4.78, 5) is 22.7. The second-order valence-corrected chi connectivity index (χ2v) is 11.4. The fourth-order valence-electron chi connectivity index (χ4n) is 4.40. The van der Waals surface area contributed by atoms with E-state index in [2.05, 4.69) is 10.5 Å². The molecule has 4 rings (SSSR count). The van der Waals surface area contributed by atoms with Gasteiger partial charge in [0.25, 0.3) is 5.91 Å². The van der Waals surface area contributed by atoms with Gasteiger partial charge >= 0.3 is 6.18 Å². The molecule has 2 aliphatic heterocycles. The molecule has 2 saturated heterocycles. The Morgan fingerprint density at radius 3 is 2.41 bits per heavy atom. The number of hydroxylamine groups is 1. The summed E-state index contributed by atoms with van der Waals surface area (Å²) >= 11 is 0. The van der Waals surface area contributed by atoms with Crippen molar-refractivity contribution in [3.8, 4) is 11.3 Å². The van der Waals surface area contributed by atoms with E-state index in [9.17, 15) is 26.4 Å². The van der Waals surface area contributed by atoms with Gasteiger partial charge in [0, 0.05) is 44.4 Å². The first-order valence-corrected chi connectivity index (χ1v) is 13.6. The molecule has 1 aromatic heterocycles. The molecule has 1 unspecified atom stereocenters. The van der Waals surface area contributed by atoms with Gasteiger partial charge in [-0.05, 0) is 49.8 Å². The number of amides is 1. The first-order valence-electron chi connectivity index (χ1n) is 12.1. The second-order valence-electron chi connectivity index (χ2n) is 9.15. The molecule has 8 nitrogen and oxygen atoms in total. The third kappa shape index (κ3) is 6.49. The molecular formula is C25H29F3N2O6S. The normalized spacial score (nSPS) is 20.4. The maximum absolute atomic E-state index is 13.7. The fourth-order valence-corrected chi connectivity index (χ4v) is 6.28. The number of carbonyl (C=O) groups excluding carboxylic acids is 1. The van der Waals surface area contributed by atoms with Crippen molar-refractivity contribution in [1.82, 2.24) is 10.5 Å². The molecule has 1 aromatic carbocycles. The van der Waals surface area contributed by atoms with Gasteiger partial charge in [-0.1, -0.05) is 24.3 Å². The van der Waals surface area contributed by atoms with Gasteiger partial charge in [0.2, 0.25) is 0 Å². The Labute approximate surface area is 213 Å². The Morgan fingerprint density at radius 2 is 1.81 bits per heavy atom. The zero-order valence-electron chi connectivity index (χ0n) is 20.1. The first kappa shape index (κ1) is 27.5. The Hall–Kier alpha value is -2.54. The number of hydrogen-bond donors (Lipinski definition) is 1. The summed E-state index contributed by atoms with van der Waals surface area (Å²) in [5.74, 6) is -0.775. The quantitative estimate of drug-likeness (QED) is 0.500. The predicted octanol–water partition coefficient (Wildman–Crippen LogP) is 4.14. The number of ether oxygens (including phenoxy) is 2. The molecule has 0 spiro atoms. The van der Waals surface area contributed by atoms with E-state index >= 15 is 0 Å². The van der Waals surface area contributed by atoms with Crippen molar-refractivity contribution >= 4 is 15.7 Å². The molecule has 1 atom stereocenters. The smallest absolute Gasteiger partial charge is 0.381 e. The molecule has 0 saturated carbocycles. The lowest BCUT2D eigenvalue weighted by atomic mass is 9.98. The maximum Gasteiger partial charge on any atom is 0.389 e. The number of hydrogen-bond acceptors (Lipinski definition) is 7. The van der Waals surface area contributed by atoms with Crippen molar-refractivity contribution in [2.24, 2.45) is 0 Å². The van der Waals surface area contributed by atoms with Crippen molar-refractivity contribution in [2.75, 3.05) is 19.8 Å². The van der Waals surface area contributed by atoms with Crippen LogP contribution in [0.1, 0.15) is 44.1 Å². The fraction of sp³-hybridized carbons (Fsp3) is 0.520. The molecule has 0 aliphatic carbocycles. The third-order valence-corrected chi connectivity index (χ3v) is 9.13. The van der Waals surface area contributed by atoms with Crippen LogP contribution in [0.5, 0.6) is 0 Å². The summed E-state index contributed by atoms with van der Waals surface area (Å²) in [5.41, 5.74) is 3.92. The van der Waals surface area contributed by atoms with Crippen molar-refractivity contribution in [2.45, 2.75) is 67.1 Å². The standard InChI is InChI=1S/C25H29F3N2O6S/c26-25(27,28)11-10-18-4-6-19(7-5-18)21-9-8-20(17-29-21)37(32,33)24(12-15-34-16-13-24)23(31)30-36-22-3-1-2-14-35-22/h4-9,17,22H,1-3,10-16H2,(H,30,31). The van der Waals surface area contributed by atoms with Crippen LogP contribution >= 0.6 is 0 Å². The summed E-state index contributed by atoms with van der Waals surface area (Å²) < 4.78 is 73.8. The number of sulfone groups is 1. The van der Waals surface area contributed by atoms with Gasteiger partial charge in [0.15, 0.2) is 20.9 Å². The van der Waals surface area contributed by atoms with E-state index in [1.165, 1.54) is 18.3 Å². The van der Waals surface area contributed by atoms with E-state index in [1.807, 2.05) is 0 Å². The van der Waals surface area contributed by atoms with E-state index in [-0.39, 0.29) is 37.4 Å². The molecule has 2 aliphatic rings. The molecule has 1 N–H and O–H groups in total. The van der Waals surface area contributed by atoms with Gasteiger partial charge < -0.3 is 9.47 Å². The average molecular weight is 543 g/mol. The van der Waals surface area contributed by atoms with E-state index < -0.39 is 39.4 Å². The van der Waals surface area contributed by atoms with Crippen molar-refractivity contribution < 1.29 is 40.7 Å². The highest BCUT2D eigenvalue weighted by molar-refractivity contribution is 7.93. The number of benzene rings is 1. The largest absolute Gasteiger partial charge is 0.389 e. The molecule has 37 heavy (non-hydrogen) atoms. The van der Waals surface area contributed by atoms with Crippen LogP contribution in [0.15, 0.2) is 47.5 Å². The van der Waals surface area contributed by atoms with Crippen LogP contribution < -0.4 is 5.48 Å². The maximum atomic E-state index is 13.7. The number of nitrogens with one attached hydrogen (secondary N) is 1. The van der Waals surface area contributed by atoms with E-state index in [4.69, 9.17) is 14.3 Å². The number of rotatable bonds is 8. The van der Waals surface area contributed by atoms with Crippen LogP contribution in [-0.2, 0) is 35.4 Å². The van der Waals surface area contributed by atoms with Gasteiger partial charge in [0.05, 0.1) is 10.6 Å². The monoisotopic (exact) mass is 542 g/mol. The molecule has 202 valence electrons. The molecular weight excluding hydrogens is 513 g/mol. The minimum absolute atomic E-state index is 0.0445. The molecule has 0 radical (unpaired) electrons. The molecule has 2 aromatic rings. The van der Waals surface area contributed by atoms with E-state index in [1.54, 1.807) is 24.3 Å². The highest BCUT2D eigenvalue weighted by Crippen LogP contribution is 2.36. The lowest BCUT2D eigenvalue weighted by Crippen LogP contribution is -2.56. The Bertz CT molecular complexity index is 1160. The minimum atomic E-state index is -4.23. The Morgan fingerprint density at radius 1 is 1.08 bits per heavy atom.